The number of aliphatic hydroxyl groups excluding tert-OH is 2. The molecule has 0 aliphatic carbocycles. The first-order chi connectivity index (χ1) is 7.84. The second kappa shape index (κ2) is 4.81. The number of primary amides is 1. The molecule has 0 saturated carbocycles. The molecule has 1 aromatic rings. The van der Waals surface area contributed by atoms with E-state index in [-0.39, 0.29) is 16.8 Å². The largest absolute Gasteiger partial charge is 0.478 e. The van der Waals surface area contributed by atoms with Crippen molar-refractivity contribution < 1.29 is 24.9 Å². The lowest BCUT2D eigenvalue weighted by molar-refractivity contribution is -0.131. The van der Waals surface area contributed by atoms with Crippen LogP contribution in [-0.2, 0) is 4.79 Å². The Balaban J connectivity index is 3.05. The van der Waals surface area contributed by atoms with Crippen molar-refractivity contribution in [3.8, 4) is 0 Å². The summed E-state index contributed by atoms with van der Waals surface area (Å²) < 4.78 is 0. The number of carboxylic acids is 1. The van der Waals surface area contributed by atoms with E-state index in [9.17, 15) is 19.8 Å². The summed E-state index contributed by atoms with van der Waals surface area (Å²) in [6.07, 6.45) is -3.32. The molecule has 2 atom stereocenters. The number of nitrogen functional groups attached to an aromatic ring is 1. The van der Waals surface area contributed by atoms with Gasteiger partial charge in [-0.15, -0.1) is 0 Å². The van der Waals surface area contributed by atoms with Crippen molar-refractivity contribution in [3.63, 3.8) is 0 Å². The molecule has 7 N–H and O–H groups in total. The zero-order valence-electron chi connectivity index (χ0n) is 8.70. The molecule has 0 radical (unpaired) electrons. The first-order valence-electron chi connectivity index (χ1n) is 4.62. The van der Waals surface area contributed by atoms with E-state index in [0.29, 0.717) is 0 Å². The lowest BCUT2D eigenvalue weighted by Gasteiger charge is -2.15. The van der Waals surface area contributed by atoms with Crippen LogP contribution in [0.15, 0.2) is 18.2 Å². The van der Waals surface area contributed by atoms with Crippen molar-refractivity contribution in [3.05, 3.63) is 29.3 Å². The van der Waals surface area contributed by atoms with E-state index in [1.807, 2.05) is 0 Å². The molecular formula is C10H12N2O5. The Labute approximate surface area is 96.3 Å². The molecule has 2 unspecified atom stereocenters. The summed E-state index contributed by atoms with van der Waals surface area (Å²) in [5, 5.41) is 27.5. The Morgan fingerprint density at radius 1 is 1.24 bits per heavy atom. The number of hydrogen-bond donors (Lipinski definition) is 5. The molecular weight excluding hydrogens is 228 g/mol. The molecule has 17 heavy (non-hydrogen) atoms. The van der Waals surface area contributed by atoms with E-state index >= 15 is 0 Å². The minimum absolute atomic E-state index is 0.0780. The number of benzene rings is 1. The van der Waals surface area contributed by atoms with E-state index < -0.39 is 24.1 Å². The number of carboxylic acid groups (broad SMARTS) is 1. The highest BCUT2D eigenvalue weighted by atomic mass is 16.4. The Kier molecular flexibility index (Phi) is 3.66. The smallest absolute Gasteiger partial charge is 0.337 e. The summed E-state index contributed by atoms with van der Waals surface area (Å²) in [5.74, 6) is -2.29. The van der Waals surface area contributed by atoms with Crippen LogP contribution in [-0.4, -0.2) is 33.3 Å². The molecule has 0 fully saturated rings. The van der Waals surface area contributed by atoms with Crippen LogP contribution < -0.4 is 11.5 Å². The van der Waals surface area contributed by atoms with Gasteiger partial charge in [0, 0.05) is 5.69 Å². The molecule has 0 bridgehead atoms. The van der Waals surface area contributed by atoms with Gasteiger partial charge in [0.05, 0.1) is 5.56 Å². The molecule has 0 aliphatic heterocycles. The van der Waals surface area contributed by atoms with Crippen LogP contribution in [0.2, 0.25) is 0 Å². The van der Waals surface area contributed by atoms with Crippen LogP contribution in [0, 0.1) is 0 Å². The number of rotatable bonds is 4. The predicted octanol–water partition coefficient (Wildman–Crippen LogP) is -1.15. The van der Waals surface area contributed by atoms with E-state index in [1.54, 1.807) is 0 Å². The van der Waals surface area contributed by atoms with Gasteiger partial charge in [-0.25, -0.2) is 4.79 Å². The third kappa shape index (κ3) is 2.71. The molecule has 0 aromatic heterocycles. The van der Waals surface area contributed by atoms with Gasteiger partial charge in [0.25, 0.3) is 0 Å². The van der Waals surface area contributed by atoms with Gasteiger partial charge >= 0.3 is 5.97 Å². The maximum Gasteiger partial charge on any atom is 0.337 e. The maximum absolute atomic E-state index is 10.7. The van der Waals surface area contributed by atoms with Gasteiger partial charge in [0.1, 0.15) is 6.10 Å². The molecule has 0 aliphatic rings. The number of carbonyl (C=O) groups is 2. The summed E-state index contributed by atoms with van der Waals surface area (Å²) in [7, 11) is 0. The minimum Gasteiger partial charge on any atom is -0.478 e. The van der Waals surface area contributed by atoms with E-state index in [0.717, 1.165) is 0 Å². The third-order valence-electron chi connectivity index (χ3n) is 2.24. The lowest BCUT2D eigenvalue weighted by atomic mass is 10.0. The number of nitrogens with two attached hydrogens (primary N) is 2. The zero-order valence-corrected chi connectivity index (χ0v) is 8.70. The Hall–Kier alpha value is -2.12. The molecule has 1 amide bonds. The second-order valence-corrected chi connectivity index (χ2v) is 3.44. The summed E-state index contributed by atoms with van der Waals surface area (Å²) in [6.45, 7) is 0. The van der Waals surface area contributed by atoms with Gasteiger partial charge in [0.2, 0.25) is 5.91 Å². The number of hydrogen-bond acceptors (Lipinski definition) is 5. The average molecular weight is 240 g/mol. The monoisotopic (exact) mass is 240 g/mol. The molecule has 0 saturated heterocycles. The van der Waals surface area contributed by atoms with Gasteiger partial charge < -0.3 is 26.8 Å². The van der Waals surface area contributed by atoms with Crippen molar-refractivity contribution in [2.45, 2.75) is 12.2 Å². The van der Waals surface area contributed by atoms with Crippen LogP contribution in [0.4, 0.5) is 5.69 Å². The van der Waals surface area contributed by atoms with Gasteiger partial charge in [-0.2, -0.15) is 0 Å². The highest BCUT2D eigenvalue weighted by molar-refractivity contribution is 5.93. The van der Waals surface area contributed by atoms with Crippen molar-refractivity contribution in [2.24, 2.45) is 5.73 Å². The SMILES string of the molecule is NC(=O)C(O)C(O)c1ccc(C(=O)O)c(N)c1. The number of amides is 1. The van der Waals surface area contributed by atoms with Crippen LogP contribution in [0.1, 0.15) is 22.0 Å². The van der Waals surface area contributed by atoms with Crippen LogP contribution in [0.3, 0.4) is 0 Å². The van der Waals surface area contributed by atoms with Gasteiger partial charge in [-0.1, -0.05) is 6.07 Å². The standard InChI is InChI=1S/C10H12N2O5/c11-6-3-4(1-2-5(6)10(16)17)7(13)8(14)9(12)15/h1-3,7-8,13-14H,11H2,(H2,12,15)(H,16,17). The molecule has 1 rings (SSSR count). The Bertz CT molecular complexity index is 460. The lowest BCUT2D eigenvalue weighted by Crippen LogP contribution is -2.33. The summed E-state index contributed by atoms with van der Waals surface area (Å²) in [4.78, 5) is 21.3. The highest BCUT2D eigenvalue weighted by Gasteiger charge is 2.24. The van der Waals surface area contributed by atoms with Crippen molar-refractivity contribution >= 4 is 17.6 Å². The Morgan fingerprint density at radius 2 is 1.82 bits per heavy atom. The van der Waals surface area contributed by atoms with E-state index in [2.05, 4.69) is 0 Å². The molecule has 1 aromatic carbocycles. The molecule has 7 nitrogen and oxygen atoms in total. The first kappa shape index (κ1) is 12.9. The summed E-state index contributed by atoms with van der Waals surface area (Å²) in [6, 6.07) is 3.58. The van der Waals surface area contributed by atoms with E-state index in [1.165, 1.54) is 18.2 Å². The fourth-order valence-corrected chi connectivity index (χ4v) is 1.30. The summed E-state index contributed by atoms with van der Waals surface area (Å²) >= 11 is 0. The third-order valence-corrected chi connectivity index (χ3v) is 2.24. The van der Waals surface area contributed by atoms with Crippen molar-refractivity contribution in [1.82, 2.24) is 0 Å². The fraction of sp³-hybridized carbons (Fsp3) is 0.200. The van der Waals surface area contributed by atoms with Gasteiger partial charge in [-0.3, -0.25) is 4.79 Å². The molecule has 0 heterocycles. The van der Waals surface area contributed by atoms with E-state index in [4.69, 9.17) is 16.6 Å². The van der Waals surface area contributed by atoms with Crippen LogP contribution >= 0.6 is 0 Å². The first-order valence-corrected chi connectivity index (χ1v) is 4.62. The zero-order chi connectivity index (χ0) is 13.2. The van der Waals surface area contributed by atoms with Crippen LogP contribution in [0.25, 0.3) is 0 Å². The highest BCUT2D eigenvalue weighted by Crippen LogP contribution is 2.22. The number of anilines is 1. The maximum atomic E-state index is 10.7. The van der Waals surface area contributed by atoms with Gasteiger partial charge in [-0.05, 0) is 17.7 Å². The quantitative estimate of drug-likeness (QED) is 0.420. The normalized spacial score (nSPS) is 14.0. The Morgan fingerprint density at radius 3 is 2.24 bits per heavy atom. The van der Waals surface area contributed by atoms with Crippen molar-refractivity contribution in [1.29, 1.82) is 0 Å². The summed E-state index contributed by atoms with van der Waals surface area (Å²) in [5.41, 5.74) is 10.2. The predicted molar refractivity (Wildman–Crippen MR) is 58.0 cm³/mol. The minimum atomic E-state index is -1.77. The molecule has 92 valence electrons. The topological polar surface area (TPSA) is 147 Å². The van der Waals surface area contributed by atoms with Gasteiger partial charge in [0.15, 0.2) is 6.10 Å². The van der Waals surface area contributed by atoms with Crippen LogP contribution in [0.5, 0.6) is 0 Å². The van der Waals surface area contributed by atoms with Crippen molar-refractivity contribution in [2.75, 3.05) is 5.73 Å². The molecule has 7 heteroatoms. The molecule has 0 spiro atoms. The number of aromatic carboxylic acids is 1. The fourth-order valence-electron chi connectivity index (χ4n) is 1.30. The average Bonchev–Trinajstić information content (AvgIpc) is 2.26. The number of carbonyl (C=O) groups excluding carboxylic acids is 1. The second-order valence-electron chi connectivity index (χ2n) is 3.44. The number of aliphatic hydroxyl groups is 2.